The molecule has 0 aliphatic heterocycles. The summed E-state index contributed by atoms with van der Waals surface area (Å²) in [6.45, 7) is 0.146. The zero-order chi connectivity index (χ0) is 18.9. The Balaban J connectivity index is 1.38. The largest absolute Gasteiger partial charge is 0.484 e. The highest BCUT2D eigenvalue weighted by Gasteiger charge is 2.38. The predicted octanol–water partition coefficient (Wildman–Crippen LogP) is 3.87. The summed E-state index contributed by atoms with van der Waals surface area (Å²) in [6.07, 6.45) is 2.82. The molecule has 27 heavy (non-hydrogen) atoms. The van der Waals surface area contributed by atoms with Crippen LogP contribution in [0.4, 0.5) is 0 Å². The second-order valence-electron chi connectivity index (χ2n) is 6.67. The van der Waals surface area contributed by atoms with E-state index in [4.69, 9.17) is 26.6 Å². The average Bonchev–Trinajstić information content (AvgIpc) is 3.14. The number of carbonyl (C=O) groups excluding carboxylic acids is 1. The quantitative estimate of drug-likeness (QED) is 0.649. The SMILES string of the molecule is NC1(c2noc(COc3ccc(C(=O)c4ccc(Cl)cc4)cc3)n2)CCC1. The molecule has 0 saturated heterocycles. The van der Waals surface area contributed by atoms with E-state index in [2.05, 4.69) is 10.1 Å². The molecule has 1 aliphatic rings. The molecule has 2 N–H and O–H groups in total. The molecule has 1 fully saturated rings. The molecule has 2 aromatic carbocycles. The van der Waals surface area contributed by atoms with Crippen LogP contribution in [0, 0.1) is 0 Å². The number of benzene rings is 2. The minimum atomic E-state index is -0.453. The first-order valence-corrected chi connectivity index (χ1v) is 9.06. The summed E-state index contributed by atoms with van der Waals surface area (Å²) >= 11 is 5.85. The van der Waals surface area contributed by atoms with Crippen LogP contribution >= 0.6 is 11.6 Å². The first-order valence-electron chi connectivity index (χ1n) is 8.69. The van der Waals surface area contributed by atoms with Crippen molar-refractivity contribution in [2.45, 2.75) is 31.4 Å². The standard InChI is InChI=1S/C20H18ClN3O3/c21-15-6-2-13(3-7-15)18(25)14-4-8-16(9-5-14)26-12-17-23-19(24-27-17)20(22)10-1-11-20/h2-9H,1,10-12,22H2. The first kappa shape index (κ1) is 17.7. The number of ether oxygens (including phenoxy) is 1. The minimum absolute atomic E-state index is 0.0755. The van der Waals surface area contributed by atoms with Crippen LogP contribution in [0.3, 0.4) is 0 Å². The Kier molecular flexibility index (Phi) is 4.68. The van der Waals surface area contributed by atoms with Gasteiger partial charge in [-0.15, -0.1) is 0 Å². The molecule has 0 spiro atoms. The van der Waals surface area contributed by atoms with Gasteiger partial charge in [-0.05, 0) is 67.8 Å². The third-order valence-electron chi connectivity index (χ3n) is 4.74. The number of halogens is 1. The summed E-state index contributed by atoms with van der Waals surface area (Å²) in [6, 6.07) is 13.7. The lowest BCUT2D eigenvalue weighted by molar-refractivity contribution is 0.103. The van der Waals surface area contributed by atoms with Crippen molar-refractivity contribution in [3.63, 3.8) is 0 Å². The van der Waals surface area contributed by atoms with E-state index in [0.29, 0.717) is 33.6 Å². The van der Waals surface area contributed by atoms with Crippen LogP contribution in [-0.2, 0) is 12.1 Å². The van der Waals surface area contributed by atoms with Crippen molar-refractivity contribution in [3.8, 4) is 5.75 Å². The molecule has 0 amide bonds. The lowest BCUT2D eigenvalue weighted by Gasteiger charge is -2.34. The van der Waals surface area contributed by atoms with Gasteiger partial charge in [0.2, 0.25) is 0 Å². The smallest absolute Gasteiger partial charge is 0.264 e. The van der Waals surface area contributed by atoms with Gasteiger partial charge in [-0.2, -0.15) is 4.98 Å². The van der Waals surface area contributed by atoms with Crippen LogP contribution in [0.25, 0.3) is 0 Å². The van der Waals surface area contributed by atoms with Gasteiger partial charge in [0.1, 0.15) is 5.75 Å². The maximum absolute atomic E-state index is 12.4. The van der Waals surface area contributed by atoms with Gasteiger partial charge in [0.15, 0.2) is 18.2 Å². The van der Waals surface area contributed by atoms with Crippen LogP contribution in [-0.4, -0.2) is 15.9 Å². The zero-order valence-electron chi connectivity index (χ0n) is 14.5. The number of hydrogen-bond acceptors (Lipinski definition) is 6. The van der Waals surface area contributed by atoms with E-state index in [9.17, 15) is 4.79 Å². The van der Waals surface area contributed by atoms with E-state index in [0.717, 1.165) is 19.3 Å². The van der Waals surface area contributed by atoms with Gasteiger partial charge >= 0.3 is 0 Å². The second-order valence-corrected chi connectivity index (χ2v) is 7.11. The van der Waals surface area contributed by atoms with Crippen molar-refractivity contribution in [3.05, 3.63) is 76.4 Å². The number of hydrogen-bond donors (Lipinski definition) is 1. The Morgan fingerprint density at radius 3 is 2.33 bits per heavy atom. The van der Waals surface area contributed by atoms with Crippen LogP contribution < -0.4 is 10.5 Å². The summed E-state index contributed by atoms with van der Waals surface area (Å²) in [7, 11) is 0. The summed E-state index contributed by atoms with van der Waals surface area (Å²) in [5.41, 5.74) is 6.88. The molecule has 0 atom stereocenters. The molecule has 7 heteroatoms. The molecule has 0 unspecified atom stereocenters. The van der Waals surface area contributed by atoms with Gasteiger partial charge in [-0.1, -0.05) is 16.8 Å². The van der Waals surface area contributed by atoms with E-state index >= 15 is 0 Å². The number of rotatable bonds is 6. The van der Waals surface area contributed by atoms with Gasteiger partial charge in [-0.3, -0.25) is 4.79 Å². The summed E-state index contributed by atoms with van der Waals surface area (Å²) in [4.78, 5) is 16.8. The van der Waals surface area contributed by atoms with E-state index in [1.807, 2.05) is 0 Å². The lowest BCUT2D eigenvalue weighted by Crippen LogP contribution is -2.44. The van der Waals surface area contributed by atoms with Crippen LogP contribution in [0.5, 0.6) is 5.75 Å². The highest BCUT2D eigenvalue weighted by Crippen LogP contribution is 2.36. The summed E-state index contributed by atoms with van der Waals surface area (Å²) in [5.74, 6) is 1.45. The van der Waals surface area contributed by atoms with Crippen molar-refractivity contribution in [2.24, 2.45) is 5.73 Å². The number of aromatic nitrogens is 2. The van der Waals surface area contributed by atoms with Gasteiger partial charge in [0.05, 0.1) is 5.54 Å². The van der Waals surface area contributed by atoms with Gasteiger partial charge < -0.3 is 15.0 Å². The Morgan fingerprint density at radius 1 is 1.11 bits per heavy atom. The Bertz CT molecular complexity index is 947. The van der Waals surface area contributed by atoms with Gasteiger partial charge in [0, 0.05) is 16.1 Å². The maximum atomic E-state index is 12.4. The first-order chi connectivity index (χ1) is 13.0. The minimum Gasteiger partial charge on any atom is -0.484 e. The second kappa shape index (κ2) is 7.13. The normalized spacial score (nSPS) is 15.2. The zero-order valence-corrected chi connectivity index (χ0v) is 15.3. The van der Waals surface area contributed by atoms with Crippen LogP contribution in [0.15, 0.2) is 53.1 Å². The predicted molar refractivity (Wildman–Crippen MR) is 99.7 cm³/mol. The molecular weight excluding hydrogens is 366 g/mol. The van der Waals surface area contributed by atoms with E-state index in [-0.39, 0.29) is 12.4 Å². The van der Waals surface area contributed by atoms with E-state index in [1.165, 1.54) is 0 Å². The van der Waals surface area contributed by atoms with Crippen LogP contribution in [0.2, 0.25) is 5.02 Å². The average molecular weight is 384 g/mol. The molecule has 3 aromatic rings. The van der Waals surface area contributed by atoms with Crippen molar-refractivity contribution < 1.29 is 14.1 Å². The number of carbonyl (C=O) groups is 1. The molecule has 4 rings (SSSR count). The molecule has 1 heterocycles. The lowest BCUT2D eigenvalue weighted by atomic mass is 9.77. The molecule has 1 saturated carbocycles. The molecular formula is C20H18ClN3O3. The topological polar surface area (TPSA) is 91.2 Å². The number of nitrogens with zero attached hydrogens (tertiary/aromatic N) is 2. The Morgan fingerprint density at radius 2 is 1.74 bits per heavy atom. The molecule has 138 valence electrons. The maximum Gasteiger partial charge on any atom is 0.264 e. The fourth-order valence-electron chi connectivity index (χ4n) is 2.91. The van der Waals surface area contributed by atoms with Gasteiger partial charge in [0.25, 0.3) is 5.89 Å². The van der Waals surface area contributed by atoms with E-state index in [1.54, 1.807) is 48.5 Å². The van der Waals surface area contributed by atoms with Crippen LogP contribution in [0.1, 0.15) is 46.9 Å². The van der Waals surface area contributed by atoms with Gasteiger partial charge in [-0.25, -0.2) is 0 Å². The summed E-state index contributed by atoms with van der Waals surface area (Å²) < 4.78 is 10.9. The third kappa shape index (κ3) is 3.72. The van der Waals surface area contributed by atoms with Crippen molar-refractivity contribution in [1.29, 1.82) is 0 Å². The van der Waals surface area contributed by atoms with Crippen molar-refractivity contribution in [1.82, 2.24) is 10.1 Å². The van der Waals surface area contributed by atoms with Crippen molar-refractivity contribution in [2.75, 3.05) is 0 Å². The molecule has 0 bridgehead atoms. The van der Waals surface area contributed by atoms with Crippen molar-refractivity contribution >= 4 is 17.4 Å². The number of ketones is 1. The fraction of sp³-hybridized carbons (Fsp3) is 0.250. The third-order valence-corrected chi connectivity index (χ3v) is 5.00. The highest BCUT2D eigenvalue weighted by molar-refractivity contribution is 6.30. The summed E-state index contributed by atoms with van der Waals surface area (Å²) in [5, 5.41) is 4.55. The highest BCUT2D eigenvalue weighted by atomic mass is 35.5. The molecule has 1 aliphatic carbocycles. The Hall–Kier alpha value is -2.70. The molecule has 1 aromatic heterocycles. The monoisotopic (exact) mass is 383 g/mol. The number of nitrogens with two attached hydrogens (primary N) is 1. The fourth-order valence-corrected chi connectivity index (χ4v) is 3.04. The van der Waals surface area contributed by atoms with E-state index < -0.39 is 5.54 Å². The molecule has 6 nitrogen and oxygen atoms in total. The molecule has 0 radical (unpaired) electrons. The Labute approximate surface area is 161 Å².